The molecule has 40 heavy (non-hydrogen) atoms. The molecule has 0 bridgehead atoms. The van der Waals surface area contributed by atoms with Crippen molar-refractivity contribution in [2.45, 2.75) is 51.3 Å². The maximum atomic E-state index is 13.4. The second-order valence-electron chi connectivity index (χ2n) is 10.2. The van der Waals surface area contributed by atoms with Gasteiger partial charge in [0.25, 0.3) is 5.91 Å². The third-order valence-electron chi connectivity index (χ3n) is 6.58. The van der Waals surface area contributed by atoms with Crippen LogP contribution in [0.5, 0.6) is 11.5 Å². The zero-order valence-electron chi connectivity index (χ0n) is 23.5. The second kappa shape index (κ2) is 13.1. The summed E-state index contributed by atoms with van der Waals surface area (Å²) in [7, 11) is 3.06. The van der Waals surface area contributed by atoms with Gasteiger partial charge in [0, 0.05) is 19.7 Å². The molecule has 1 fully saturated rings. The summed E-state index contributed by atoms with van der Waals surface area (Å²) in [4.78, 5) is 26.4. The molecule has 4 rings (SSSR count). The van der Waals surface area contributed by atoms with Gasteiger partial charge in [0.15, 0.2) is 12.6 Å². The number of fused-ring (bicyclic) bond motifs is 2. The SMILES string of the molecule is COCOc1cc(OC)cc2c1C(=O)NC[C@H](C)/C=C\C(OC(=O)c1ccccc1)C1OC(C)(C)O[C@H]1CC=C2. The van der Waals surface area contributed by atoms with E-state index in [0.29, 0.717) is 41.2 Å². The molecule has 214 valence electrons. The van der Waals surface area contributed by atoms with Crippen LogP contribution in [0.2, 0.25) is 0 Å². The van der Waals surface area contributed by atoms with Crippen LogP contribution in [0.4, 0.5) is 0 Å². The van der Waals surface area contributed by atoms with E-state index in [1.54, 1.807) is 43.5 Å². The number of carbonyl (C=O) groups excluding carboxylic acids is 2. The lowest BCUT2D eigenvalue weighted by Gasteiger charge is -2.25. The maximum Gasteiger partial charge on any atom is 0.338 e. The minimum atomic E-state index is -0.881. The van der Waals surface area contributed by atoms with Crippen molar-refractivity contribution in [3.63, 3.8) is 0 Å². The number of hydrogen-bond donors (Lipinski definition) is 1. The van der Waals surface area contributed by atoms with Gasteiger partial charge >= 0.3 is 5.97 Å². The van der Waals surface area contributed by atoms with Gasteiger partial charge in [-0.2, -0.15) is 0 Å². The molecule has 9 heteroatoms. The van der Waals surface area contributed by atoms with Crippen LogP contribution in [0.15, 0.2) is 60.7 Å². The fourth-order valence-corrected chi connectivity index (χ4v) is 4.68. The van der Waals surface area contributed by atoms with E-state index in [2.05, 4.69) is 5.32 Å². The van der Waals surface area contributed by atoms with Crippen LogP contribution in [-0.2, 0) is 18.9 Å². The second-order valence-corrected chi connectivity index (χ2v) is 10.2. The summed E-state index contributed by atoms with van der Waals surface area (Å²) < 4.78 is 34.8. The Hall–Kier alpha value is -3.66. The minimum Gasteiger partial charge on any atom is -0.497 e. The van der Waals surface area contributed by atoms with Gasteiger partial charge in [0.1, 0.15) is 23.7 Å². The van der Waals surface area contributed by atoms with Gasteiger partial charge in [-0.15, -0.1) is 0 Å². The third-order valence-corrected chi connectivity index (χ3v) is 6.58. The highest BCUT2D eigenvalue weighted by Crippen LogP contribution is 2.35. The highest BCUT2D eigenvalue weighted by Gasteiger charge is 2.45. The Kier molecular flexibility index (Phi) is 9.63. The van der Waals surface area contributed by atoms with E-state index in [4.69, 9.17) is 28.4 Å². The number of amides is 1. The molecule has 2 heterocycles. The predicted molar refractivity (Wildman–Crippen MR) is 149 cm³/mol. The fraction of sp³-hybridized carbons (Fsp3) is 0.419. The molecule has 2 aliphatic rings. The predicted octanol–water partition coefficient (Wildman–Crippen LogP) is 4.76. The topological polar surface area (TPSA) is 102 Å². The number of rotatable bonds is 6. The van der Waals surface area contributed by atoms with E-state index >= 15 is 0 Å². The van der Waals surface area contributed by atoms with Crippen LogP contribution in [-0.4, -0.2) is 63.5 Å². The van der Waals surface area contributed by atoms with Gasteiger partial charge < -0.3 is 33.7 Å². The Balaban J connectivity index is 1.70. The van der Waals surface area contributed by atoms with Gasteiger partial charge in [-0.3, -0.25) is 4.79 Å². The molecular weight excluding hydrogens is 514 g/mol. The van der Waals surface area contributed by atoms with Gasteiger partial charge in [-0.25, -0.2) is 4.79 Å². The number of carbonyl (C=O) groups is 2. The largest absolute Gasteiger partial charge is 0.497 e. The summed E-state index contributed by atoms with van der Waals surface area (Å²) >= 11 is 0. The molecule has 2 aliphatic heterocycles. The van der Waals surface area contributed by atoms with E-state index in [-0.39, 0.29) is 18.6 Å². The first-order valence-electron chi connectivity index (χ1n) is 13.3. The lowest BCUT2D eigenvalue weighted by atomic mass is 9.99. The number of hydrogen-bond acceptors (Lipinski definition) is 8. The molecule has 0 saturated carbocycles. The molecular formula is C31H37NO8. The number of benzene rings is 2. The van der Waals surface area contributed by atoms with Crippen LogP contribution in [0.25, 0.3) is 6.08 Å². The molecule has 2 unspecified atom stereocenters. The molecule has 0 aliphatic carbocycles. The van der Waals surface area contributed by atoms with Crippen molar-refractivity contribution in [2.75, 3.05) is 27.6 Å². The Morgan fingerprint density at radius 3 is 2.60 bits per heavy atom. The van der Waals surface area contributed by atoms with E-state index in [1.165, 1.54) is 7.11 Å². The highest BCUT2D eigenvalue weighted by atomic mass is 16.8. The first kappa shape index (κ1) is 29.3. The first-order valence-corrected chi connectivity index (χ1v) is 13.3. The van der Waals surface area contributed by atoms with Crippen molar-refractivity contribution < 1.29 is 38.0 Å². The fourth-order valence-electron chi connectivity index (χ4n) is 4.68. The van der Waals surface area contributed by atoms with Gasteiger partial charge in [0.05, 0.1) is 24.3 Å². The third kappa shape index (κ3) is 7.29. The number of methoxy groups -OCH3 is 2. The average Bonchev–Trinajstić information content (AvgIpc) is 3.26. The zero-order valence-corrected chi connectivity index (χ0v) is 23.5. The molecule has 2 aromatic rings. The Morgan fingerprint density at radius 2 is 1.88 bits per heavy atom. The molecule has 0 aromatic heterocycles. The van der Waals surface area contributed by atoms with Crippen molar-refractivity contribution in [3.8, 4) is 11.5 Å². The van der Waals surface area contributed by atoms with Crippen molar-refractivity contribution in [1.29, 1.82) is 0 Å². The lowest BCUT2D eigenvalue weighted by Crippen LogP contribution is -2.38. The number of esters is 1. The molecule has 1 N–H and O–H groups in total. The summed E-state index contributed by atoms with van der Waals surface area (Å²) in [6.07, 6.45) is 6.21. The first-order chi connectivity index (χ1) is 19.2. The maximum absolute atomic E-state index is 13.4. The molecule has 9 nitrogen and oxygen atoms in total. The van der Waals surface area contributed by atoms with Crippen LogP contribution in [0, 0.1) is 5.92 Å². The van der Waals surface area contributed by atoms with Gasteiger partial charge in [-0.05, 0) is 56.0 Å². The molecule has 4 atom stereocenters. The molecule has 1 saturated heterocycles. The van der Waals surface area contributed by atoms with Crippen molar-refractivity contribution in [1.82, 2.24) is 5.32 Å². The van der Waals surface area contributed by atoms with Crippen molar-refractivity contribution in [3.05, 3.63) is 77.4 Å². The van der Waals surface area contributed by atoms with Crippen molar-refractivity contribution in [2.24, 2.45) is 5.92 Å². The number of nitrogens with one attached hydrogen (secondary N) is 1. The van der Waals surface area contributed by atoms with E-state index in [0.717, 1.165) is 0 Å². The van der Waals surface area contributed by atoms with Crippen molar-refractivity contribution >= 4 is 18.0 Å². The Bertz CT molecular complexity index is 1240. The highest BCUT2D eigenvalue weighted by molar-refractivity contribution is 6.01. The summed E-state index contributed by atoms with van der Waals surface area (Å²) in [6, 6.07) is 12.3. The van der Waals surface area contributed by atoms with Gasteiger partial charge in [-0.1, -0.05) is 43.4 Å². The Morgan fingerprint density at radius 1 is 1.10 bits per heavy atom. The van der Waals surface area contributed by atoms with Crippen LogP contribution < -0.4 is 14.8 Å². The Labute approximate surface area is 235 Å². The van der Waals surface area contributed by atoms with Crippen LogP contribution in [0.3, 0.4) is 0 Å². The average molecular weight is 552 g/mol. The molecule has 1 amide bonds. The van der Waals surface area contributed by atoms with Gasteiger partial charge in [0.2, 0.25) is 0 Å². The zero-order chi connectivity index (χ0) is 28.7. The molecule has 2 aromatic carbocycles. The summed E-state index contributed by atoms with van der Waals surface area (Å²) in [5.74, 6) is -0.831. The summed E-state index contributed by atoms with van der Waals surface area (Å²) in [5, 5.41) is 2.99. The quantitative estimate of drug-likeness (QED) is 0.312. The van der Waals surface area contributed by atoms with Crippen LogP contribution in [0.1, 0.15) is 53.5 Å². The van der Waals surface area contributed by atoms with E-state index in [9.17, 15) is 9.59 Å². The summed E-state index contributed by atoms with van der Waals surface area (Å²) in [6.45, 7) is 5.95. The minimum absolute atomic E-state index is 0.0250. The molecule has 0 radical (unpaired) electrons. The monoisotopic (exact) mass is 551 g/mol. The lowest BCUT2D eigenvalue weighted by molar-refractivity contribution is -0.152. The molecule has 0 spiro atoms. The van der Waals surface area contributed by atoms with E-state index in [1.807, 2.05) is 51.1 Å². The van der Waals surface area contributed by atoms with Crippen LogP contribution >= 0.6 is 0 Å². The normalized spacial score (nSPS) is 25.1. The number of ether oxygens (including phenoxy) is 6. The summed E-state index contributed by atoms with van der Waals surface area (Å²) in [5.41, 5.74) is 1.43. The standard InChI is InChI=1S/C31H37NO8/c1-20-14-15-24(38-30(34)21-10-7-6-8-11-21)28-25(39-31(2,3)40-28)13-9-12-22-16-23(36-5)17-26(37-19-35-4)27(22)29(33)32-18-20/h6-12,14-17,20,24-25,28H,13,18-19H2,1-5H3,(H,32,33)/b12-9?,15-14-/t20-,24?,25+,28?/m1/s1. The smallest absolute Gasteiger partial charge is 0.338 e. The van der Waals surface area contributed by atoms with E-state index < -0.39 is 30.1 Å².